The van der Waals surface area contributed by atoms with Gasteiger partial charge in [0.2, 0.25) is 0 Å². The number of benzene rings is 1. The Morgan fingerprint density at radius 2 is 2.08 bits per heavy atom. The molecule has 1 saturated heterocycles. The molecule has 1 aromatic carbocycles. The van der Waals surface area contributed by atoms with Crippen LogP contribution in [0, 0.1) is 5.92 Å². The van der Waals surface area contributed by atoms with Crippen molar-refractivity contribution < 1.29 is 0 Å². The van der Waals surface area contributed by atoms with Crippen LogP contribution >= 0.6 is 35.7 Å². The SMILES string of the molecule is CCNC(=NCCCCSC)N1CCC(Cc2ccccc2)C1.I. The first-order chi connectivity index (χ1) is 11.3. The third-order valence-electron chi connectivity index (χ3n) is 4.31. The van der Waals surface area contributed by atoms with Crippen molar-refractivity contribution in [3.8, 4) is 0 Å². The normalized spacial score (nSPS) is 17.7. The predicted molar refractivity (Wildman–Crippen MR) is 119 cm³/mol. The second-order valence-electron chi connectivity index (χ2n) is 6.23. The Hall–Kier alpha value is -0.430. The van der Waals surface area contributed by atoms with Gasteiger partial charge < -0.3 is 10.2 Å². The van der Waals surface area contributed by atoms with Crippen LogP contribution < -0.4 is 5.32 Å². The van der Waals surface area contributed by atoms with Crippen molar-refractivity contribution in [3.63, 3.8) is 0 Å². The van der Waals surface area contributed by atoms with Gasteiger partial charge in [-0.3, -0.25) is 4.99 Å². The van der Waals surface area contributed by atoms with Crippen LogP contribution in [0.2, 0.25) is 0 Å². The van der Waals surface area contributed by atoms with Crippen LogP contribution in [0.25, 0.3) is 0 Å². The molecule has 1 aromatic rings. The number of unbranched alkanes of at least 4 members (excludes halogenated alkanes) is 1. The number of rotatable bonds is 8. The Balaban J connectivity index is 0.00000288. The highest BCUT2D eigenvalue weighted by atomic mass is 127. The molecule has 3 nitrogen and oxygen atoms in total. The number of thioether (sulfide) groups is 1. The van der Waals surface area contributed by atoms with E-state index in [0.29, 0.717) is 0 Å². The first-order valence-corrected chi connectivity index (χ1v) is 10.3. The van der Waals surface area contributed by atoms with Crippen LogP contribution in [-0.4, -0.2) is 49.0 Å². The molecule has 0 spiro atoms. The predicted octanol–water partition coefficient (Wildman–Crippen LogP) is 4.28. The second-order valence-corrected chi connectivity index (χ2v) is 7.21. The highest BCUT2D eigenvalue weighted by Gasteiger charge is 2.24. The van der Waals surface area contributed by atoms with Crippen molar-refractivity contribution in [3.05, 3.63) is 35.9 Å². The van der Waals surface area contributed by atoms with E-state index in [1.165, 1.54) is 37.0 Å². The summed E-state index contributed by atoms with van der Waals surface area (Å²) in [7, 11) is 0. The van der Waals surface area contributed by atoms with Crippen molar-refractivity contribution in [2.24, 2.45) is 10.9 Å². The third kappa shape index (κ3) is 7.64. The summed E-state index contributed by atoms with van der Waals surface area (Å²) in [5, 5.41) is 3.47. The van der Waals surface area contributed by atoms with Crippen molar-refractivity contribution in [2.75, 3.05) is 38.2 Å². The summed E-state index contributed by atoms with van der Waals surface area (Å²) in [5.74, 6) is 3.11. The summed E-state index contributed by atoms with van der Waals surface area (Å²) >= 11 is 1.92. The number of nitrogens with zero attached hydrogens (tertiary/aromatic N) is 2. The molecule has 0 amide bonds. The van der Waals surface area contributed by atoms with E-state index in [2.05, 4.69) is 53.7 Å². The van der Waals surface area contributed by atoms with Gasteiger partial charge in [0, 0.05) is 26.2 Å². The van der Waals surface area contributed by atoms with Crippen LogP contribution in [0.1, 0.15) is 31.7 Å². The number of aliphatic imine (C=N–C) groups is 1. The summed E-state index contributed by atoms with van der Waals surface area (Å²) in [6, 6.07) is 10.9. The van der Waals surface area contributed by atoms with Gasteiger partial charge in [-0.25, -0.2) is 0 Å². The Labute approximate surface area is 169 Å². The van der Waals surface area contributed by atoms with E-state index in [0.717, 1.165) is 38.1 Å². The fourth-order valence-corrected chi connectivity index (χ4v) is 3.60. The summed E-state index contributed by atoms with van der Waals surface area (Å²) in [5.41, 5.74) is 1.46. The van der Waals surface area contributed by atoms with Crippen molar-refractivity contribution in [2.45, 2.75) is 32.6 Å². The van der Waals surface area contributed by atoms with Gasteiger partial charge in [0.1, 0.15) is 0 Å². The molecule has 1 aliphatic heterocycles. The minimum Gasteiger partial charge on any atom is -0.357 e. The van der Waals surface area contributed by atoms with Crippen LogP contribution in [0.5, 0.6) is 0 Å². The third-order valence-corrected chi connectivity index (χ3v) is 5.00. The second kappa shape index (κ2) is 12.9. The number of guanidine groups is 1. The largest absolute Gasteiger partial charge is 0.357 e. The van der Waals surface area contributed by atoms with Gasteiger partial charge in [-0.05, 0) is 56.1 Å². The summed E-state index contributed by atoms with van der Waals surface area (Å²) < 4.78 is 0. The summed E-state index contributed by atoms with van der Waals surface area (Å²) in [6.07, 6.45) is 7.08. The molecule has 24 heavy (non-hydrogen) atoms. The minimum absolute atomic E-state index is 0. The van der Waals surface area contributed by atoms with Gasteiger partial charge >= 0.3 is 0 Å². The number of likely N-dealkylation sites (tertiary alicyclic amines) is 1. The highest BCUT2D eigenvalue weighted by Crippen LogP contribution is 2.20. The first-order valence-electron chi connectivity index (χ1n) is 8.89. The topological polar surface area (TPSA) is 27.6 Å². The lowest BCUT2D eigenvalue weighted by Crippen LogP contribution is -2.40. The zero-order chi connectivity index (χ0) is 16.3. The molecule has 0 saturated carbocycles. The first kappa shape index (κ1) is 21.6. The number of nitrogens with one attached hydrogen (secondary N) is 1. The minimum atomic E-state index is 0. The standard InChI is InChI=1S/C19H31N3S.HI/c1-3-20-19(21-12-7-8-14-23-2)22-13-11-18(16-22)15-17-9-5-4-6-10-17;/h4-6,9-10,18H,3,7-8,11-16H2,1-2H3,(H,20,21);1H. The van der Waals surface area contributed by atoms with Crippen molar-refractivity contribution in [1.29, 1.82) is 0 Å². The molecule has 136 valence electrons. The van der Waals surface area contributed by atoms with Crippen LogP contribution in [-0.2, 0) is 6.42 Å². The Bertz CT molecular complexity index is 467. The van der Waals surface area contributed by atoms with Gasteiger partial charge in [-0.15, -0.1) is 24.0 Å². The Morgan fingerprint density at radius 3 is 2.79 bits per heavy atom. The fourth-order valence-electron chi connectivity index (χ4n) is 3.11. The molecule has 2 rings (SSSR count). The zero-order valence-corrected chi connectivity index (χ0v) is 18.2. The molecule has 1 N–H and O–H groups in total. The van der Waals surface area contributed by atoms with Crippen molar-refractivity contribution in [1.82, 2.24) is 10.2 Å². The number of halogens is 1. The summed E-state index contributed by atoms with van der Waals surface area (Å²) in [6.45, 7) is 6.31. The number of hydrogen-bond donors (Lipinski definition) is 1. The lowest BCUT2D eigenvalue weighted by molar-refractivity contribution is 0.459. The smallest absolute Gasteiger partial charge is 0.193 e. The molecule has 1 fully saturated rings. The van der Waals surface area contributed by atoms with E-state index >= 15 is 0 Å². The van der Waals surface area contributed by atoms with E-state index < -0.39 is 0 Å². The van der Waals surface area contributed by atoms with Gasteiger partial charge in [0.05, 0.1) is 0 Å². The van der Waals surface area contributed by atoms with Gasteiger partial charge in [-0.1, -0.05) is 30.3 Å². The maximum absolute atomic E-state index is 4.83. The van der Waals surface area contributed by atoms with Crippen LogP contribution in [0.15, 0.2) is 35.3 Å². The fraction of sp³-hybridized carbons (Fsp3) is 0.632. The average molecular weight is 461 g/mol. The number of hydrogen-bond acceptors (Lipinski definition) is 2. The van der Waals surface area contributed by atoms with Gasteiger partial charge in [0.15, 0.2) is 5.96 Å². The quantitative estimate of drug-likeness (QED) is 0.271. The molecule has 1 atom stereocenters. The van der Waals surface area contributed by atoms with E-state index in [1.54, 1.807) is 0 Å². The van der Waals surface area contributed by atoms with Crippen LogP contribution in [0.4, 0.5) is 0 Å². The molecule has 1 aliphatic rings. The summed E-state index contributed by atoms with van der Waals surface area (Å²) in [4.78, 5) is 7.28. The molecule has 0 radical (unpaired) electrons. The lowest BCUT2D eigenvalue weighted by atomic mass is 9.99. The molecular formula is C19H32IN3S. The van der Waals surface area contributed by atoms with E-state index in [-0.39, 0.29) is 24.0 Å². The molecule has 5 heteroatoms. The van der Waals surface area contributed by atoms with E-state index in [9.17, 15) is 0 Å². The monoisotopic (exact) mass is 461 g/mol. The van der Waals surface area contributed by atoms with Crippen molar-refractivity contribution >= 4 is 41.7 Å². The molecule has 0 bridgehead atoms. The lowest BCUT2D eigenvalue weighted by Gasteiger charge is -2.21. The van der Waals surface area contributed by atoms with Crippen LogP contribution in [0.3, 0.4) is 0 Å². The zero-order valence-electron chi connectivity index (χ0n) is 15.0. The highest BCUT2D eigenvalue weighted by molar-refractivity contribution is 14.0. The molecular weight excluding hydrogens is 429 g/mol. The van der Waals surface area contributed by atoms with E-state index in [4.69, 9.17) is 4.99 Å². The molecule has 0 aromatic heterocycles. The Morgan fingerprint density at radius 1 is 1.29 bits per heavy atom. The molecule has 0 aliphatic carbocycles. The molecule has 1 unspecified atom stereocenters. The maximum atomic E-state index is 4.83. The van der Waals surface area contributed by atoms with E-state index in [1.807, 2.05) is 11.8 Å². The van der Waals surface area contributed by atoms with Gasteiger partial charge in [0.25, 0.3) is 0 Å². The van der Waals surface area contributed by atoms with Gasteiger partial charge in [-0.2, -0.15) is 11.8 Å². The Kier molecular flexibility index (Phi) is 11.6. The maximum Gasteiger partial charge on any atom is 0.193 e. The average Bonchev–Trinajstić information content (AvgIpc) is 3.03. The molecule has 1 heterocycles.